The van der Waals surface area contributed by atoms with Gasteiger partial charge in [-0.2, -0.15) is 0 Å². The predicted molar refractivity (Wildman–Crippen MR) is 75.3 cm³/mol. The van der Waals surface area contributed by atoms with Gasteiger partial charge < -0.3 is 10.1 Å². The lowest BCUT2D eigenvalue weighted by atomic mass is 10.2. The van der Waals surface area contributed by atoms with Crippen molar-refractivity contribution in [2.45, 2.75) is 38.8 Å². The Labute approximate surface area is 120 Å². The highest BCUT2D eigenvalue weighted by molar-refractivity contribution is 5.78. The van der Waals surface area contributed by atoms with Gasteiger partial charge in [0.25, 0.3) is 0 Å². The number of carbonyl (C=O) groups excluding carboxylic acids is 2. The Morgan fingerprint density at radius 1 is 1.40 bits per heavy atom. The normalized spacial score (nSPS) is 26.3. The number of cyclic esters (lactones) is 1. The SMILES string of the molecule is CCC(C)NC(=O)CN1CCN(C2CCOC2=O)CC1. The van der Waals surface area contributed by atoms with Crippen LogP contribution < -0.4 is 5.32 Å². The number of ether oxygens (including phenoxy) is 1. The lowest BCUT2D eigenvalue weighted by Crippen LogP contribution is -2.53. The molecule has 6 heteroatoms. The average molecular weight is 283 g/mol. The van der Waals surface area contributed by atoms with E-state index >= 15 is 0 Å². The molecule has 2 atom stereocenters. The van der Waals surface area contributed by atoms with Crippen molar-refractivity contribution in [3.63, 3.8) is 0 Å². The van der Waals surface area contributed by atoms with Crippen molar-refractivity contribution in [2.24, 2.45) is 0 Å². The number of carbonyl (C=O) groups is 2. The Hall–Kier alpha value is -1.14. The smallest absolute Gasteiger partial charge is 0.323 e. The van der Waals surface area contributed by atoms with Crippen molar-refractivity contribution >= 4 is 11.9 Å². The molecule has 2 rings (SSSR count). The molecular weight excluding hydrogens is 258 g/mol. The average Bonchev–Trinajstić information content (AvgIpc) is 2.85. The van der Waals surface area contributed by atoms with Gasteiger partial charge >= 0.3 is 5.97 Å². The number of nitrogens with zero attached hydrogens (tertiary/aromatic N) is 2. The first kappa shape index (κ1) is 15.3. The van der Waals surface area contributed by atoms with Crippen LogP contribution in [0.1, 0.15) is 26.7 Å². The minimum absolute atomic E-state index is 0.0638. The maximum absolute atomic E-state index is 11.8. The second-order valence-electron chi connectivity index (χ2n) is 5.66. The summed E-state index contributed by atoms with van der Waals surface area (Å²) in [5.41, 5.74) is 0. The Morgan fingerprint density at radius 3 is 2.65 bits per heavy atom. The minimum Gasteiger partial charge on any atom is -0.464 e. The van der Waals surface area contributed by atoms with Crippen molar-refractivity contribution in [2.75, 3.05) is 39.3 Å². The molecule has 0 aromatic rings. The molecule has 0 radical (unpaired) electrons. The Bertz CT molecular complexity index is 354. The fraction of sp³-hybridized carbons (Fsp3) is 0.857. The van der Waals surface area contributed by atoms with E-state index in [1.54, 1.807) is 0 Å². The lowest BCUT2D eigenvalue weighted by molar-refractivity contribution is -0.143. The van der Waals surface area contributed by atoms with Crippen LogP contribution in [0.15, 0.2) is 0 Å². The number of nitrogens with one attached hydrogen (secondary N) is 1. The molecule has 2 heterocycles. The summed E-state index contributed by atoms with van der Waals surface area (Å²) in [6.45, 7) is 8.39. The fourth-order valence-electron chi connectivity index (χ4n) is 2.68. The zero-order valence-electron chi connectivity index (χ0n) is 12.4. The van der Waals surface area contributed by atoms with Crippen molar-refractivity contribution < 1.29 is 14.3 Å². The molecule has 2 aliphatic rings. The van der Waals surface area contributed by atoms with Crippen molar-refractivity contribution in [1.82, 2.24) is 15.1 Å². The molecule has 2 unspecified atom stereocenters. The molecule has 0 spiro atoms. The highest BCUT2D eigenvalue weighted by Gasteiger charge is 2.34. The van der Waals surface area contributed by atoms with Gasteiger partial charge in [-0.25, -0.2) is 0 Å². The standard InChI is InChI=1S/C14H25N3O3/c1-3-11(2)15-13(18)10-16-5-7-17(8-6-16)12-4-9-20-14(12)19/h11-12H,3-10H2,1-2H3,(H,15,18). The second kappa shape index (κ2) is 7.04. The van der Waals surface area contributed by atoms with Crippen LogP contribution in [0.4, 0.5) is 0 Å². The summed E-state index contributed by atoms with van der Waals surface area (Å²) in [4.78, 5) is 27.7. The van der Waals surface area contributed by atoms with E-state index in [4.69, 9.17) is 4.74 Å². The van der Waals surface area contributed by atoms with E-state index in [2.05, 4.69) is 22.0 Å². The summed E-state index contributed by atoms with van der Waals surface area (Å²) in [7, 11) is 0. The summed E-state index contributed by atoms with van der Waals surface area (Å²) < 4.78 is 5.01. The quantitative estimate of drug-likeness (QED) is 0.710. The molecule has 2 aliphatic heterocycles. The van der Waals surface area contributed by atoms with E-state index in [0.717, 1.165) is 39.0 Å². The third-order valence-corrected chi connectivity index (χ3v) is 4.14. The summed E-state index contributed by atoms with van der Waals surface area (Å²) in [6, 6.07) is 0.170. The first-order valence-corrected chi connectivity index (χ1v) is 7.52. The Balaban J connectivity index is 1.71. The van der Waals surface area contributed by atoms with E-state index in [-0.39, 0.29) is 24.0 Å². The molecule has 2 saturated heterocycles. The molecule has 1 N–H and O–H groups in total. The van der Waals surface area contributed by atoms with E-state index in [9.17, 15) is 9.59 Å². The van der Waals surface area contributed by atoms with Crippen LogP contribution in [0.3, 0.4) is 0 Å². The number of piperazine rings is 1. The highest BCUT2D eigenvalue weighted by atomic mass is 16.5. The van der Waals surface area contributed by atoms with E-state index in [1.165, 1.54) is 0 Å². The van der Waals surface area contributed by atoms with Gasteiger partial charge in [-0.15, -0.1) is 0 Å². The predicted octanol–water partition coefficient (Wildman–Crippen LogP) is -0.166. The van der Waals surface area contributed by atoms with Gasteiger partial charge in [-0.3, -0.25) is 19.4 Å². The van der Waals surface area contributed by atoms with E-state index in [1.807, 2.05) is 6.92 Å². The summed E-state index contributed by atoms with van der Waals surface area (Å²) in [6.07, 6.45) is 1.75. The van der Waals surface area contributed by atoms with Gasteiger partial charge in [0, 0.05) is 38.6 Å². The van der Waals surface area contributed by atoms with Gasteiger partial charge in [0.1, 0.15) is 6.04 Å². The molecule has 0 aromatic carbocycles. The topological polar surface area (TPSA) is 61.9 Å². The lowest BCUT2D eigenvalue weighted by Gasteiger charge is -2.36. The van der Waals surface area contributed by atoms with Crippen molar-refractivity contribution in [1.29, 1.82) is 0 Å². The maximum Gasteiger partial charge on any atom is 0.323 e. The zero-order chi connectivity index (χ0) is 14.5. The van der Waals surface area contributed by atoms with Crippen LogP contribution in [0.5, 0.6) is 0 Å². The molecule has 1 amide bonds. The van der Waals surface area contributed by atoms with Crippen LogP contribution in [0.25, 0.3) is 0 Å². The van der Waals surface area contributed by atoms with Gasteiger partial charge in [0.15, 0.2) is 0 Å². The molecule has 0 aliphatic carbocycles. The van der Waals surface area contributed by atoms with E-state index < -0.39 is 0 Å². The molecule has 0 saturated carbocycles. The van der Waals surface area contributed by atoms with Crippen LogP contribution in [0.2, 0.25) is 0 Å². The molecule has 0 bridgehead atoms. The maximum atomic E-state index is 11.8. The van der Waals surface area contributed by atoms with Crippen molar-refractivity contribution in [3.05, 3.63) is 0 Å². The summed E-state index contributed by atoms with van der Waals surface area (Å²) in [5.74, 6) is 0.000963. The largest absolute Gasteiger partial charge is 0.464 e. The van der Waals surface area contributed by atoms with Crippen LogP contribution in [0, 0.1) is 0 Å². The molecule has 2 fully saturated rings. The number of rotatable bonds is 5. The van der Waals surface area contributed by atoms with Gasteiger partial charge in [0.2, 0.25) is 5.91 Å². The highest BCUT2D eigenvalue weighted by Crippen LogP contribution is 2.16. The molecule has 114 valence electrons. The van der Waals surface area contributed by atoms with Crippen LogP contribution >= 0.6 is 0 Å². The number of amides is 1. The van der Waals surface area contributed by atoms with Gasteiger partial charge in [-0.1, -0.05) is 6.92 Å². The Kier molecular flexibility index (Phi) is 5.37. The first-order valence-electron chi connectivity index (χ1n) is 7.52. The molecular formula is C14H25N3O3. The summed E-state index contributed by atoms with van der Waals surface area (Å²) >= 11 is 0. The van der Waals surface area contributed by atoms with Gasteiger partial charge in [0.05, 0.1) is 13.2 Å². The summed E-state index contributed by atoms with van der Waals surface area (Å²) in [5, 5.41) is 2.98. The minimum atomic E-state index is -0.0898. The molecule has 0 aromatic heterocycles. The number of esters is 1. The molecule has 6 nitrogen and oxygen atoms in total. The monoisotopic (exact) mass is 283 g/mol. The van der Waals surface area contributed by atoms with Crippen LogP contribution in [-0.4, -0.2) is 73.1 Å². The zero-order valence-corrected chi connectivity index (χ0v) is 12.4. The fourth-order valence-corrected chi connectivity index (χ4v) is 2.68. The number of hydrogen-bond donors (Lipinski definition) is 1. The first-order chi connectivity index (χ1) is 9.60. The Morgan fingerprint density at radius 2 is 2.10 bits per heavy atom. The third-order valence-electron chi connectivity index (χ3n) is 4.14. The molecule has 20 heavy (non-hydrogen) atoms. The van der Waals surface area contributed by atoms with Gasteiger partial charge in [-0.05, 0) is 13.3 Å². The van der Waals surface area contributed by atoms with Crippen molar-refractivity contribution in [3.8, 4) is 0 Å². The second-order valence-corrected chi connectivity index (χ2v) is 5.66. The van der Waals surface area contributed by atoms with Crippen LogP contribution in [-0.2, 0) is 14.3 Å². The van der Waals surface area contributed by atoms with E-state index in [0.29, 0.717) is 13.2 Å². The number of hydrogen-bond acceptors (Lipinski definition) is 5. The third kappa shape index (κ3) is 3.93.